The standard InChI is InChI=1S/C20H17ClFNO/c21-19-6-1-2-7-20(19)23-13-16-4-3-5-18(12-16)24-14-15-8-10-17(22)11-9-15/h1-12,23H,13-14H2. The van der Waals surface area contributed by atoms with Gasteiger partial charge in [-0.2, -0.15) is 0 Å². The molecule has 3 aromatic carbocycles. The van der Waals surface area contributed by atoms with E-state index in [9.17, 15) is 4.39 Å². The highest BCUT2D eigenvalue weighted by atomic mass is 35.5. The van der Waals surface area contributed by atoms with Crippen molar-refractivity contribution in [2.24, 2.45) is 0 Å². The van der Waals surface area contributed by atoms with Crippen LogP contribution in [-0.2, 0) is 13.2 Å². The number of rotatable bonds is 6. The predicted molar refractivity (Wildman–Crippen MR) is 96.0 cm³/mol. The SMILES string of the molecule is Fc1ccc(COc2cccc(CNc3ccccc3Cl)c2)cc1. The van der Waals surface area contributed by atoms with Crippen molar-refractivity contribution < 1.29 is 9.13 Å². The largest absolute Gasteiger partial charge is 0.489 e. The Kier molecular flexibility index (Phi) is 5.34. The molecule has 24 heavy (non-hydrogen) atoms. The van der Waals surface area contributed by atoms with E-state index in [-0.39, 0.29) is 5.82 Å². The van der Waals surface area contributed by atoms with Crippen LogP contribution in [0.5, 0.6) is 5.75 Å². The summed E-state index contributed by atoms with van der Waals surface area (Å²) < 4.78 is 18.7. The van der Waals surface area contributed by atoms with Gasteiger partial charge in [-0.3, -0.25) is 0 Å². The highest BCUT2D eigenvalue weighted by molar-refractivity contribution is 6.33. The summed E-state index contributed by atoms with van der Waals surface area (Å²) in [6.07, 6.45) is 0. The van der Waals surface area contributed by atoms with Crippen LogP contribution in [0.1, 0.15) is 11.1 Å². The van der Waals surface area contributed by atoms with Gasteiger partial charge in [0.2, 0.25) is 0 Å². The molecule has 0 saturated heterocycles. The Morgan fingerprint density at radius 3 is 2.46 bits per heavy atom. The molecule has 0 heterocycles. The lowest BCUT2D eigenvalue weighted by molar-refractivity contribution is 0.306. The van der Waals surface area contributed by atoms with Gasteiger partial charge >= 0.3 is 0 Å². The zero-order chi connectivity index (χ0) is 16.8. The maximum absolute atomic E-state index is 12.9. The van der Waals surface area contributed by atoms with Crippen LogP contribution < -0.4 is 10.1 Å². The molecule has 0 spiro atoms. The molecular weight excluding hydrogens is 325 g/mol. The molecule has 3 rings (SSSR count). The zero-order valence-corrected chi connectivity index (χ0v) is 13.8. The first-order chi connectivity index (χ1) is 11.7. The molecule has 0 saturated carbocycles. The van der Waals surface area contributed by atoms with E-state index >= 15 is 0 Å². The van der Waals surface area contributed by atoms with Gasteiger partial charge in [0.15, 0.2) is 0 Å². The van der Waals surface area contributed by atoms with Crippen molar-refractivity contribution in [3.63, 3.8) is 0 Å². The highest BCUT2D eigenvalue weighted by Crippen LogP contribution is 2.22. The number of hydrogen-bond acceptors (Lipinski definition) is 2. The van der Waals surface area contributed by atoms with Gasteiger partial charge in [0.25, 0.3) is 0 Å². The van der Waals surface area contributed by atoms with Crippen LogP contribution in [0.2, 0.25) is 5.02 Å². The first-order valence-electron chi connectivity index (χ1n) is 7.65. The summed E-state index contributed by atoms with van der Waals surface area (Å²) in [5.74, 6) is 0.532. The van der Waals surface area contributed by atoms with Crippen LogP contribution >= 0.6 is 11.6 Å². The van der Waals surface area contributed by atoms with E-state index in [1.165, 1.54) is 12.1 Å². The van der Waals surface area contributed by atoms with Gasteiger partial charge in [0.1, 0.15) is 18.2 Å². The van der Waals surface area contributed by atoms with E-state index < -0.39 is 0 Å². The second kappa shape index (κ2) is 7.84. The van der Waals surface area contributed by atoms with Crippen LogP contribution in [0.15, 0.2) is 72.8 Å². The van der Waals surface area contributed by atoms with Gasteiger partial charge < -0.3 is 10.1 Å². The van der Waals surface area contributed by atoms with E-state index in [4.69, 9.17) is 16.3 Å². The van der Waals surface area contributed by atoms with E-state index in [0.717, 1.165) is 22.6 Å². The maximum atomic E-state index is 12.9. The first kappa shape index (κ1) is 16.3. The minimum Gasteiger partial charge on any atom is -0.489 e. The highest BCUT2D eigenvalue weighted by Gasteiger charge is 2.01. The molecule has 0 aliphatic heterocycles. The molecule has 0 bridgehead atoms. The number of ether oxygens (including phenoxy) is 1. The minimum atomic E-state index is -0.244. The lowest BCUT2D eigenvalue weighted by Gasteiger charge is -2.10. The van der Waals surface area contributed by atoms with Crippen LogP contribution in [0.4, 0.5) is 10.1 Å². The fourth-order valence-corrected chi connectivity index (χ4v) is 2.50. The van der Waals surface area contributed by atoms with Crippen LogP contribution in [-0.4, -0.2) is 0 Å². The van der Waals surface area contributed by atoms with Crippen molar-refractivity contribution in [2.75, 3.05) is 5.32 Å². The number of nitrogens with one attached hydrogen (secondary N) is 1. The summed E-state index contributed by atoms with van der Waals surface area (Å²) in [5, 5.41) is 4.00. The third-order valence-corrected chi connectivity index (χ3v) is 3.90. The fourth-order valence-electron chi connectivity index (χ4n) is 2.29. The van der Waals surface area contributed by atoms with Gasteiger partial charge in [0.05, 0.1) is 10.7 Å². The zero-order valence-electron chi connectivity index (χ0n) is 13.0. The molecular formula is C20H17ClFNO. The fraction of sp³-hybridized carbons (Fsp3) is 0.100. The van der Waals surface area contributed by atoms with Crippen molar-refractivity contribution in [3.8, 4) is 5.75 Å². The minimum absolute atomic E-state index is 0.244. The molecule has 4 heteroatoms. The van der Waals surface area contributed by atoms with E-state index in [2.05, 4.69) is 5.32 Å². The molecule has 0 amide bonds. The molecule has 122 valence electrons. The Morgan fingerprint density at radius 1 is 0.875 bits per heavy atom. The molecule has 0 unspecified atom stereocenters. The lowest BCUT2D eigenvalue weighted by Crippen LogP contribution is -2.01. The molecule has 0 radical (unpaired) electrons. The second-order valence-corrected chi connectivity index (χ2v) is 5.80. The third kappa shape index (κ3) is 4.49. The number of benzene rings is 3. The molecule has 0 aliphatic rings. The Labute approximate surface area is 145 Å². The summed E-state index contributed by atoms with van der Waals surface area (Å²) in [6.45, 7) is 1.05. The number of halogens is 2. The van der Waals surface area contributed by atoms with Gasteiger partial charge in [0, 0.05) is 6.54 Å². The van der Waals surface area contributed by atoms with Crippen LogP contribution in [0.25, 0.3) is 0 Å². The molecule has 0 atom stereocenters. The molecule has 1 N–H and O–H groups in total. The van der Waals surface area contributed by atoms with E-state index in [0.29, 0.717) is 18.2 Å². The van der Waals surface area contributed by atoms with Crippen LogP contribution in [0, 0.1) is 5.82 Å². The Morgan fingerprint density at radius 2 is 1.67 bits per heavy atom. The quantitative estimate of drug-likeness (QED) is 0.623. The third-order valence-electron chi connectivity index (χ3n) is 3.57. The summed E-state index contributed by atoms with van der Waals surface area (Å²) in [4.78, 5) is 0. The lowest BCUT2D eigenvalue weighted by atomic mass is 10.2. The average Bonchev–Trinajstić information content (AvgIpc) is 2.61. The van der Waals surface area contributed by atoms with Crippen molar-refractivity contribution in [1.29, 1.82) is 0 Å². The predicted octanol–water partition coefficient (Wildman–Crippen LogP) is 5.67. The topological polar surface area (TPSA) is 21.3 Å². The number of anilines is 1. The summed E-state index contributed by atoms with van der Waals surface area (Å²) >= 11 is 6.14. The van der Waals surface area contributed by atoms with Gasteiger partial charge in [-0.15, -0.1) is 0 Å². The van der Waals surface area contributed by atoms with Gasteiger partial charge in [-0.05, 0) is 47.5 Å². The monoisotopic (exact) mass is 341 g/mol. The first-order valence-corrected chi connectivity index (χ1v) is 8.03. The molecule has 3 aromatic rings. The van der Waals surface area contributed by atoms with Crippen molar-refractivity contribution in [2.45, 2.75) is 13.2 Å². The summed E-state index contributed by atoms with van der Waals surface area (Å²) in [6, 6.07) is 21.8. The molecule has 0 aromatic heterocycles. The normalized spacial score (nSPS) is 10.4. The van der Waals surface area contributed by atoms with E-state index in [1.807, 2.05) is 48.5 Å². The number of hydrogen-bond donors (Lipinski definition) is 1. The van der Waals surface area contributed by atoms with Gasteiger partial charge in [-0.25, -0.2) is 4.39 Å². The smallest absolute Gasteiger partial charge is 0.123 e. The van der Waals surface area contributed by atoms with Crippen molar-refractivity contribution in [1.82, 2.24) is 0 Å². The molecule has 2 nitrogen and oxygen atoms in total. The van der Waals surface area contributed by atoms with E-state index in [1.54, 1.807) is 12.1 Å². The number of para-hydroxylation sites is 1. The summed E-state index contributed by atoms with van der Waals surface area (Å²) in [5.41, 5.74) is 2.92. The Hall–Kier alpha value is -2.52. The van der Waals surface area contributed by atoms with Crippen molar-refractivity contribution in [3.05, 3.63) is 94.8 Å². The van der Waals surface area contributed by atoms with Crippen molar-refractivity contribution >= 4 is 17.3 Å². The Bertz CT molecular complexity index is 805. The van der Waals surface area contributed by atoms with Gasteiger partial charge in [-0.1, -0.05) is 48.0 Å². The van der Waals surface area contributed by atoms with Crippen LogP contribution in [0.3, 0.4) is 0 Å². The Balaban J connectivity index is 1.59. The molecule has 0 aliphatic carbocycles. The maximum Gasteiger partial charge on any atom is 0.123 e. The molecule has 0 fully saturated rings. The summed E-state index contributed by atoms with van der Waals surface area (Å²) in [7, 11) is 0. The average molecular weight is 342 g/mol. The second-order valence-electron chi connectivity index (χ2n) is 5.40.